The summed E-state index contributed by atoms with van der Waals surface area (Å²) in [6.45, 7) is 0.427. The highest BCUT2D eigenvalue weighted by Gasteiger charge is 2.29. The van der Waals surface area contributed by atoms with Crippen molar-refractivity contribution in [2.75, 3.05) is 31.3 Å². The Morgan fingerprint density at radius 1 is 1.03 bits per heavy atom. The lowest BCUT2D eigenvalue weighted by Crippen LogP contribution is -2.38. The molecular formula is C21H22N4O4. The monoisotopic (exact) mass is 394 g/mol. The molecule has 4 rings (SSSR count). The first kappa shape index (κ1) is 19.1. The van der Waals surface area contributed by atoms with Crippen molar-refractivity contribution in [3.63, 3.8) is 0 Å². The van der Waals surface area contributed by atoms with Crippen LogP contribution in [0.4, 0.5) is 5.95 Å². The zero-order valence-electron chi connectivity index (χ0n) is 15.8. The van der Waals surface area contributed by atoms with Crippen LogP contribution in [0.3, 0.4) is 0 Å². The van der Waals surface area contributed by atoms with Gasteiger partial charge < -0.3 is 25.0 Å². The molecule has 3 aromatic rings. The average Bonchev–Trinajstić information content (AvgIpc) is 2.76. The average molecular weight is 394 g/mol. The Kier molecular flexibility index (Phi) is 5.55. The van der Waals surface area contributed by atoms with Gasteiger partial charge in [0.05, 0.1) is 19.3 Å². The summed E-state index contributed by atoms with van der Waals surface area (Å²) >= 11 is 0. The van der Waals surface area contributed by atoms with Gasteiger partial charge >= 0.3 is 6.01 Å². The van der Waals surface area contributed by atoms with Gasteiger partial charge in [0, 0.05) is 12.1 Å². The standard InChI is InChI=1S/C21H22N4O4/c26-10-11-29-21-23-19(15-5-3-6-16(28)12-15)22-20(24-21)25-9-8-14-4-1-2-7-17(14)18(25)13-27/h1-7,12,18,26-28H,8-11,13H2. The van der Waals surface area contributed by atoms with Gasteiger partial charge in [-0.05, 0) is 29.7 Å². The molecule has 0 radical (unpaired) electrons. The zero-order valence-corrected chi connectivity index (χ0v) is 15.8. The number of rotatable bonds is 6. The van der Waals surface area contributed by atoms with Crippen molar-refractivity contribution in [2.24, 2.45) is 0 Å². The number of phenols is 1. The van der Waals surface area contributed by atoms with E-state index < -0.39 is 0 Å². The highest BCUT2D eigenvalue weighted by molar-refractivity contribution is 5.59. The van der Waals surface area contributed by atoms with Crippen molar-refractivity contribution in [3.05, 3.63) is 59.7 Å². The molecule has 0 bridgehead atoms. The Bertz CT molecular complexity index is 998. The van der Waals surface area contributed by atoms with E-state index in [1.54, 1.807) is 24.3 Å². The van der Waals surface area contributed by atoms with Gasteiger partial charge in [0.25, 0.3) is 0 Å². The van der Waals surface area contributed by atoms with Crippen molar-refractivity contribution in [3.8, 4) is 23.1 Å². The number of anilines is 1. The fourth-order valence-electron chi connectivity index (χ4n) is 3.54. The van der Waals surface area contributed by atoms with E-state index in [2.05, 4.69) is 21.0 Å². The second-order valence-electron chi connectivity index (χ2n) is 6.70. The second-order valence-corrected chi connectivity index (χ2v) is 6.70. The molecule has 1 aliphatic heterocycles. The molecule has 1 atom stereocenters. The minimum absolute atomic E-state index is 0.0508. The largest absolute Gasteiger partial charge is 0.508 e. The molecule has 0 fully saturated rings. The number of hydrogen-bond acceptors (Lipinski definition) is 8. The Balaban J connectivity index is 1.77. The van der Waals surface area contributed by atoms with Gasteiger partial charge in [0.2, 0.25) is 5.95 Å². The highest BCUT2D eigenvalue weighted by Crippen LogP contribution is 2.33. The number of ether oxygens (including phenoxy) is 1. The molecule has 29 heavy (non-hydrogen) atoms. The van der Waals surface area contributed by atoms with E-state index in [1.165, 1.54) is 5.56 Å². The van der Waals surface area contributed by atoms with Gasteiger partial charge in [-0.1, -0.05) is 36.4 Å². The van der Waals surface area contributed by atoms with Crippen molar-refractivity contribution >= 4 is 5.95 Å². The van der Waals surface area contributed by atoms with Crippen LogP contribution in [-0.2, 0) is 6.42 Å². The molecular weight excluding hydrogens is 372 g/mol. The lowest BCUT2D eigenvalue weighted by molar-refractivity contribution is 0.191. The molecule has 2 aromatic carbocycles. The quantitative estimate of drug-likeness (QED) is 0.579. The Morgan fingerprint density at radius 2 is 1.90 bits per heavy atom. The summed E-state index contributed by atoms with van der Waals surface area (Å²) in [4.78, 5) is 15.2. The predicted molar refractivity (Wildman–Crippen MR) is 107 cm³/mol. The summed E-state index contributed by atoms with van der Waals surface area (Å²) in [5.74, 6) is 0.816. The lowest BCUT2D eigenvalue weighted by Gasteiger charge is -2.36. The topological polar surface area (TPSA) is 112 Å². The number of phenolic OH excluding ortho intramolecular Hbond substituents is 1. The molecule has 8 nitrogen and oxygen atoms in total. The van der Waals surface area contributed by atoms with Crippen molar-refractivity contribution in [1.82, 2.24) is 15.0 Å². The number of hydrogen-bond donors (Lipinski definition) is 3. The first-order valence-corrected chi connectivity index (χ1v) is 9.44. The van der Waals surface area contributed by atoms with E-state index >= 15 is 0 Å². The van der Waals surface area contributed by atoms with Gasteiger partial charge in [0.1, 0.15) is 12.4 Å². The van der Waals surface area contributed by atoms with Gasteiger partial charge in [-0.3, -0.25) is 0 Å². The number of aliphatic hydroxyl groups excluding tert-OH is 2. The van der Waals surface area contributed by atoms with Crippen LogP contribution in [-0.4, -0.2) is 56.6 Å². The second kappa shape index (κ2) is 8.42. The third-order valence-electron chi connectivity index (χ3n) is 4.87. The van der Waals surface area contributed by atoms with Crippen molar-refractivity contribution < 1.29 is 20.1 Å². The van der Waals surface area contributed by atoms with Crippen molar-refractivity contribution in [1.29, 1.82) is 0 Å². The molecule has 1 unspecified atom stereocenters. The number of aromatic hydroxyl groups is 1. The van der Waals surface area contributed by atoms with Crippen LogP contribution >= 0.6 is 0 Å². The van der Waals surface area contributed by atoms with Crippen LogP contribution in [0.1, 0.15) is 17.2 Å². The summed E-state index contributed by atoms with van der Waals surface area (Å²) in [6, 6.07) is 14.4. The number of nitrogens with zero attached hydrogens (tertiary/aromatic N) is 4. The summed E-state index contributed by atoms with van der Waals surface area (Å²) in [7, 11) is 0. The van der Waals surface area contributed by atoms with Gasteiger partial charge in [0.15, 0.2) is 5.82 Å². The first-order chi connectivity index (χ1) is 14.2. The molecule has 1 aliphatic rings. The summed E-state index contributed by atoms with van der Waals surface area (Å²) in [5, 5.41) is 29.0. The van der Waals surface area contributed by atoms with Crippen LogP contribution in [0.5, 0.6) is 11.8 Å². The van der Waals surface area contributed by atoms with Crippen LogP contribution in [0, 0.1) is 0 Å². The summed E-state index contributed by atoms with van der Waals surface area (Å²) in [6.07, 6.45) is 0.798. The molecule has 3 N–H and O–H groups in total. The molecule has 0 saturated carbocycles. The molecule has 150 valence electrons. The zero-order chi connectivity index (χ0) is 20.2. The maximum absolute atomic E-state index is 10.1. The van der Waals surface area contributed by atoms with Crippen LogP contribution in [0.25, 0.3) is 11.4 Å². The smallest absolute Gasteiger partial charge is 0.321 e. The lowest BCUT2D eigenvalue weighted by atomic mass is 9.93. The minimum atomic E-state index is -0.287. The van der Waals surface area contributed by atoms with Crippen LogP contribution in [0.2, 0.25) is 0 Å². The number of aliphatic hydroxyl groups is 2. The van der Waals surface area contributed by atoms with E-state index in [0.717, 1.165) is 12.0 Å². The van der Waals surface area contributed by atoms with E-state index in [-0.39, 0.29) is 37.6 Å². The molecule has 2 heterocycles. The van der Waals surface area contributed by atoms with Gasteiger partial charge in [-0.25, -0.2) is 0 Å². The molecule has 1 aromatic heterocycles. The summed E-state index contributed by atoms with van der Waals surface area (Å²) in [5.41, 5.74) is 2.85. The maximum atomic E-state index is 10.1. The molecule has 0 aliphatic carbocycles. The van der Waals surface area contributed by atoms with Crippen LogP contribution < -0.4 is 9.64 Å². The van der Waals surface area contributed by atoms with Gasteiger partial charge in [-0.2, -0.15) is 15.0 Å². The molecule has 0 saturated heterocycles. The SMILES string of the molecule is OCCOc1nc(-c2cccc(O)c2)nc(N2CCc3ccccc3C2CO)n1. The third-order valence-corrected chi connectivity index (χ3v) is 4.87. The highest BCUT2D eigenvalue weighted by atomic mass is 16.5. The minimum Gasteiger partial charge on any atom is -0.508 e. The number of aromatic nitrogens is 3. The van der Waals surface area contributed by atoms with Crippen LogP contribution in [0.15, 0.2) is 48.5 Å². The normalized spacial score (nSPS) is 15.8. The predicted octanol–water partition coefficient (Wildman–Crippen LogP) is 1.71. The number of benzene rings is 2. The fraction of sp³-hybridized carbons (Fsp3) is 0.286. The fourth-order valence-corrected chi connectivity index (χ4v) is 3.54. The van der Waals surface area contributed by atoms with E-state index in [9.17, 15) is 10.2 Å². The van der Waals surface area contributed by atoms with Crippen molar-refractivity contribution in [2.45, 2.75) is 12.5 Å². The molecule has 8 heteroatoms. The summed E-state index contributed by atoms with van der Waals surface area (Å²) < 4.78 is 5.45. The maximum Gasteiger partial charge on any atom is 0.321 e. The van der Waals surface area contributed by atoms with E-state index in [4.69, 9.17) is 9.84 Å². The number of fused-ring (bicyclic) bond motifs is 1. The van der Waals surface area contributed by atoms with E-state index in [1.807, 2.05) is 23.1 Å². The van der Waals surface area contributed by atoms with Gasteiger partial charge in [-0.15, -0.1) is 0 Å². The molecule has 0 amide bonds. The Morgan fingerprint density at radius 3 is 2.69 bits per heavy atom. The molecule has 0 spiro atoms. The third kappa shape index (κ3) is 3.98. The first-order valence-electron chi connectivity index (χ1n) is 9.44. The Hall–Kier alpha value is -3.23. The van der Waals surface area contributed by atoms with E-state index in [0.29, 0.717) is 23.9 Å². The Labute approximate surface area is 168 Å².